The van der Waals surface area contributed by atoms with Crippen LogP contribution in [0.3, 0.4) is 0 Å². The van der Waals surface area contributed by atoms with Crippen molar-refractivity contribution in [3.63, 3.8) is 0 Å². The fraction of sp³-hybridized carbons (Fsp3) is 0.571. The molecule has 2 aliphatic heterocycles. The molecule has 1 aromatic rings. The lowest BCUT2D eigenvalue weighted by Gasteiger charge is -2.32. The number of morpholine rings is 1. The molecule has 2 saturated heterocycles. The van der Waals surface area contributed by atoms with E-state index in [1.54, 1.807) is 0 Å². The summed E-state index contributed by atoms with van der Waals surface area (Å²) in [5.41, 5.74) is 1.37. The van der Waals surface area contributed by atoms with Crippen molar-refractivity contribution < 1.29 is 4.74 Å². The van der Waals surface area contributed by atoms with E-state index in [2.05, 4.69) is 17.0 Å². The molecule has 0 aromatic heterocycles. The first-order chi connectivity index (χ1) is 8.29. The van der Waals surface area contributed by atoms with E-state index in [0.717, 1.165) is 31.1 Å². The van der Waals surface area contributed by atoms with Gasteiger partial charge in [0, 0.05) is 24.7 Å². The Morgan fingerprint density at radius 1 is 1.12 bits per heavy atom. The summed E-state index contributed by atoms with van der Waals surface area (Å²) in [6.07, 6.45) is 4.61. The standard InChI is InChI=1S/C14H18ClNO/c15-12-3-1-11(2-4-12)7-8-16-9-13-5-6-14(10-16)17-13/h1-4,13-14H,5-10H2. The number of ether oxygens (including phenoxy) is 1. The number of rotatable bonds is 3. The molecular formula is C14H18ClNO. The Morgan fingerprint density at radius 2 is 1.76 bits per heavy atom. The van der Waals surface area contributed by atoms with Gasteiger partial charge in [0.05, 0.1) is 12.2 Å². The second-order valence-electron chi connectivity index (χ2n) is 5.09. The van der Waals surface area contributed by atoms with Crippen molar-refractivity contribution in [3.8, 4) is 0 Å². The van der Waals surface area contributed by atoms with Crippen LogP contribution in [-0.2, 0) is 11.2 Å². The number of benzene rings is 1. The van der Waals surface area contributed by atoms with Crippen LogP contribution in [-0.4, -0.2) is 36.7 Å². The van der Waals surface area contributed by atoms with Gasteiger partial charge in [0.15, 0.2) is 0 Å². The largest absolute Gasteiger partial charge is 0.372 e. The van der Waals surface area contributed by atoms with Crippen LogP contribution in [0.5, 0.6) is 0 Å². The first-order valence-corrected chi connectivity index (χ1v) is 6.79. The van der Waals surface area contributed by atoms with Crippen LogP contribution < -0.4 is 0 Å². The highest BCUT2D eigenvalue weighted by Crippen LogP contribution is 2.26. The second-order valence-corrected chi connectivity index (χ2v) is 5.53. The summed E-state index contributed by atoms with van der Waals surface area (Å²) >= 11 is 5.88. The third-order valence-corrected chi connectivity index (χ3v) is 4.00. The smallest absolute Gasteiger partial charge is 0.0707 e. The van der Waals surface area contributed by atoms with Crippen LogP contribution in [0.25, 0.3) is 0 Å². The van der Waals surface area contributed by atoms with Crippen molar-refractivity contribution in [1.29, 1.82) is 0 Å². The average Bonchev–Trinajstić information content (AvgIpc) is 2.68. The summed E-state index contributed by atoms with van der Waals surface area (Å²) in [5, 5.41) is 0.818. The highest BCUT2D eigenvalue weighted by molar-refractivity contribution is 6.30. The van der Waals surface area contributed by atoms with Gasteiger partial charge in [0.25, 0.3) is 0 Å². The van der Waals surface area contributed by atoms with E-state index in [0.29, 0.717) is 12.2 Å². The molecule has 2 heterocycles. The maximum atomic E-state index is 5.88. The van der Waals surface area contributed by atoms with Gasteiger partial charge in [-0.3, -0.25) is 4.90 Å². The Morgan fingerprint density at radius 3 is 2.41 bits per heavy atom. The number of hydrogen-bond acceptors (Lipinski definition) is 2. The van der Waals surface area contributed by atoms with Crippen molar-refractivity contribution in [2.45, 2.75) is 31.5 Å². The van der Waals surface area contributed by atoms with Crippen LogP contribution in [0.2, 0.25) is 5.02 Å². The third-order valence-electron chi connectivity index (χ3n) is 3.75. The average molecular weight is 252 g/mol. The zero-order valence-electron chi connectivity index (χ0n) is 9.94. The maximum Gasteiger partial charge on any atom is 0.0707 e. The van der Waals surface area contributed by atoms with Gasteiger partial charge in [-0.25, -0.2) is 0 Å². The van der Waals surface area contributed by atoms with E-state index >= 15 is 0 Å². The summed E-state index contributed by atoms with van der Waals surface area (Å²) in [5.74, 6) is 0. The summed E-state index contributed by atoms with van der Waals surface area (Å²) in [4.78, 5) is 2.54. The Hall–Kier alpha value is -0.570. The topological polar surface area (TPSA) is 12.5 Å². The van der Waals surface area contributed by atoms with Crippen molar-refractivity contribution in [3.05, 3.63) is 34.9 Å². The van der Waals surface area contributed by atoms with Gasteiger partial charge in [-0.1, -0.05) is 23.7 Å². The zero-order chi connectivity index (χ0) is 11.7. The van der Waals surface area contributed by atoms with Gasteiger partial charge >= 0.3 is 0 Å². The lowest BCUT2D eigenvalue weighted by molar-refractivity contribution is -0.0377. The van der Waals surface area contributed by atoms with Crippen LogP contribution in [0.15, 0.2) is 24.3 Å². The Kier molecular flexibility index (Phi) is 3.37. The molecule has 0 aliphatic carbocycles. The highest BCUT2D eigenvalue weighted by atomic mass is 35.5. The summed E-state index contributed by atoms with van der Waals surface area (Å²) in [6.45, 7) is 3.37. The Labute approximate surface area is 108 Å². The van der Waals surface area contributed by atoms with Gasteiger partial charge in [-0.15, -0.1) is 0 Å². The number of halogens is 1. The first-order valence-electron chi connectivity index (χ1n) is 6.42. The van der Waals surface area contributed by atoms with E-state index in [9.17, 15) is 0 Å². The van der Waals surface area contributed by atoms with Crippen LogP contribution in [0.4, 0.5) is 0 Å². The van der Waals surface area contributed by atoms with Crippen molar-refractivity contribution in [2.24, 2.45) is 0 Å². The predicted molar refractivity (Wildman–Crippen MR) is 69.5 cm³/mol. The van der Waals surface area contributed by atoms with Gasteiger partial charge in [0.1, 0.15) is 0 Å². The highest BCUT2D eigenvalue weighted by Gasteiger charge is 2.33. The SMILES string of the molecule is Clc1ccc(CCN2CC3CCC(C2)O3)cc1. The van der Waals surface area contributed by atoms with Gasteiger partial charge < -0.3 is 4.74 Å². The van der Waals surface area contributed by atoms with E-state index in [1.165, 1.54) is 18.4 Å². The van der Waals surface area contributed by atoms with Crippen molar-refractivity contribution in [2.75, 3.05) is 19.6 Å². The maximum absolute atomic E-state index is 5.88. The summed E-state index contributed by atoms with van der Waals surface area (Å²) in [6, 6.07) is 8.19. The lowest BCUT2D eigenvalue weighted by Crippen LogP contribution is -2.43. The molecule has 1 aromatic carbocycles. The molecule has 2 bridgehead atoms. The molecule has 92 valence electrons. The van der Waals surface area contributed by atoms with Crippen molar-refractivity contribution in [1.82, 2.24) is 4.90 Å². The zero-order valence-corrected chi connectivity index (χ0v) is 10.7. The molecule has 2 unspecified atom stereocenters. The summed E-state index contributed by atoms with van der Waals surface area (Å²) in [7, 11) is 0. The second kappa shape index (κ2) is 4.97. The van der Waals surface area contributed by atoms with E-state index in [1.807, 2.05) is 12.1 Å². The molecule has 2 nitrogen and oxygen atoms in total. The number of likely N-dealkylation sites (tertiary alicyclic amines) is 1. The Bertz CT molecular complexity index is 366. The molecule has 0 radical (unpaired) electrons. The monoisotopic (exact) mass is 251 g/mol. The fourth-order valence-electron chi connectivity index (χ4n) is 2.82. The number of nitrogens with zero attached hydrogens (tertiary/aromatic N) is 1. The number of fused-ring (bicyclic) bond motifs is 2. The lowest BCUT2D eigenvalue weighted by atomic mass is 10.1. The van der Waals surface area contributed by atoms with E-state index in [-0.39, 0.29) is 0 Å². The quantitative estimate of drug-likeness (QED) is 0.819. The minimum atomic E-state index is 0.499. The van der Waals surface area contributed by atoms with Crippen LogP contribution in [0, 0.1) is 0 Å². The molecular weight excluding hydrogens is 234 g/mol. The predicted octanol–water partition coefficient (Wildman–Crippen LogP) is 2.75. The van der Waals surface area contributed by atoms with Gasteiger partial charge in [-0.2, -0.15) is 0 Å². The molecule has 2 aliphatic rings. The van der Waals surface area contributed by atoms with Crippen LogP contribution in [0.1, 0.15) is 18.4 Å². The normalized spacial score (nSPS) is 28.5. The molecule has 0 N–H and O–H groups in total. The third kappa shape index (κ3) is 2.82. The van der Waals surface area contributed by atoms with Gasteiger partial charge in [0.2, 0.25) is 0 Å². The van der Waals surface area contributed by atoms with Gasteiger partial charge in [-0.05, 0) is 37.0 Å². The summed E-state index contributed by atoms with van der Waals surface area (Å²) < 4.78 is 5.84. The molecule has 0 amide bonds. The Balaban J connectivity index is 1.52. The number of hydrogen-bond donors (Lipinski definition) is 0. The van der Waals surface area contributed by atoms with Crippen molar-refractivity contribution >= 4 is 11.6 Å². The minimum absolute atomic E-state index is 0.499. The molecule has 2 atom stereocenters. The molecule has 0 saturated carbocycles. The minimum Gasteiger partial charge on any atom is -0.372 e. The molecule has 0 spiro atoms. The molecule has 2 fully saturated rings. The molecule has 3 heteroatoms. The van der Waals surface area contributed by atoms with E-state index in [4.69, 9.17) is 16.3 Å². The van der Waals surface area contributed by atoms with E-state index < -0.39 is 0 Å². The molecule has 17 heavy (non-hydrogen) atoms. The molecule has 3 rings (SSSR count). The first kappa shape index (κ1) is 11.5. The van der Waals surface area contributed by atoms with Crippen LogP contribution >= 0.6 is 11.6 Å². The fourth-order valence-corrected chi connectivity index (χ4v) is 2.95.